The largest absolute Gasteiger partial charge is 0.299 e. The lowest BCUT2D eigenvalue weighted by Gasteiger charge is -2.28. The van der Waals surface area contributed by atoms with Gasteiger partial charge in [0.25, 0.3) is 0 Å². The molecule has 0 atom stereocenters. The summed E-state index contributed by atoms with van der Waals surface area (Å²) in [5.41, 5.74) is 5.37. The second-order valence-electron chi connectivity index (χ2n) is 7.01. The van der Waals surface area contributed by atoms with Gasteiger partial charge in [-0.25, -0.2) is 0 Å². The first-order valence-electron chi connectivity index (χ1n) is 9.49. The maximum absolute atomic E-state index is 4.50. The molecule has 4 rings (SSSR count). The average Bonchev–Trinajstić information content (AvgIpc) is 3.13. The zero-order valence-corrected chi connectivity index (χ0v) is 15.1. The monoisotopic (exact) mass is 343 g/mol. The summed E-state index contributed by atoms with van der Waals surface area (Å²) in [6.45, 7) is 2.09. The first kappa shape index (κ1) is 16.9. The van der Waals surface area contributed by atoms with Crippen LogP contribution in [0.3, 0.4) is 0 Å². The lowest BCUT2D eigenvalue weighted by molar-refractivity contribution is 0.205. The second kappa shape index (κ2) is 8.24. The Morgan fingerprint density at radius 1 is 0.692 bits per heavy atom. The molecule has 0 saturated carbocycles. The first-order valence-corrected chi connectivity index (χ1v) is 9.49. The van der Waals surface area contributed by atoms with Crippen molar-refractivity contribution in [1.29, 1.82) is 0 Å². The van der Waals surface area contributed by atoms with Crippen LogP contribution in [0.2, 0.25) is 0 Å². The molecule has 2 aromatic heterocycles. The molecule has 0 radical (unpaired) electrons. The summed E-state index contributed by atoms with van der Waals surface area (Å²) in [7, 11) is 0. The Morgan fingerprint density at radius 2 is 1.19 bits per heavy atom. The number of rotatable bonds is 7. The summed E-state index contributed by atoms with van der Waals surface area (Å²) in [5.74, 6) is 0. The van der Waals surface area contributed by atoms with Crippen LogP contribution in [0.15, 0.2) is 73.1 Å². The van der Waals surface area contributed by atoms with Gasteiger partial charge in [0.2, 0.25) is 0 Å². The van der Waals surface area contributed by atoms with Gasteiger partial charge >= 0.3 is 0 Å². The normalized spacial score (nSPS) is 13.9. The zero-order valence-electron chi connectivity index (χ0n) is 15.1. The maximum Gasteiger partial charge on any atom is 0.0416 e. The standard InChI is InChI=1S/C23H25N3/c1-2-8-20-18-23(17-19(20)7-1)26(15-11-21-9-3-5-13-24-21)16-12-22-10-4-6-14-25-22/h1-10,13-14,23H,11-12,15-18H2. The molecule has 0 amide bonds. The predicted octanol–water partition coefficient (Wildman–Crippen LogP) is 3.73. The molecule has 3 nitrogen and oxygen atoms in total. The van der Waals surface area contributed by atoms with Crippen LogP contribution >= 0.6 is 0 Å². The Balaban J connectivity index is 1.44. The van der Waals surface area contributed by atoms with Crippen molar-refractivity contribution in [3.05, 3.63) is 95.6 Å². The molecule has 1 aliphatic carbocycles. The Hall–Kier alpha value is -2.52. The molecular formula is C23H25N3. The number of fused-ring (bicyclic) bond motifs is 1. The minimum atomic E-state index is 0.583. The van der Waals surface area contributed by atoms with Gasteiger partial charge in [0.1, 0.15) is 0 Å². The molecule has 0 spiro atoms. The molecule has 1 aromatic carbocycles. The highest BCUT2D eigenvalue weighted by Gasteiger charge is 2.26. The molecule has 0 saturated heterocycles. The Labute approximate surface area is 155 Å². The van der Waals surface area contributed by atoms with Gasteiger partial charge in [-0.05, 0) is 48.2 Å². The van der Waals surface area contributed by atoms with Gasteiger partial charge in [-0.1, -0.05) is 36.4 Å². The van der Waals surface area contributed by atoms with Crippen molar-refractivity contribution in [2.45, 2.75) is 31.7 Å². The van der Waals surface area contributed by atoms with E-state index in [-0.39, 0.29) is 0 Å². The van der Waals surface area contributed by atoms with E-state index in [0.29, 0.717) is 6.04 Å². The molecule has 3 aromatic rings. The van der Waals surface area contributed by atoms with Crippen molar-refractivity contribution in [2.24, 2.45) is 0 Å². The van der Waals surface area contributed by atoms with E-state index < -0.39 is 0 Å². The smallest absolute Gasteiger partial charge is 0.0416 e. The van der Waals surface area contributed by atoms with Crippen molar-refractivity contribution >= 4 is 0 Å². The summed E-state index contributed by atoms with van der Waals surface area (Å²) >= 11 is 0. The fourth-order valence-corrected chi connectivity index (χ4v) is 3.88. The van der Waals surface area contributed by atoms with Gasteiger partial charge in [-0.15, -0.1) is 0 Å². The number of benzene rings is 1. The first-order chi connectivity index (χ1) is 12.9. The zero-order chi connectivity index (χ0) is 17.6. The van der Waals surface area contributed by atoms with Crippen LogP contribution < -0.4 is 0 Å². The third-order valence-electron chi connectivity index (χ3n) is 5.31. The summed E-state index contributed by atoms with van der Waals surface area (Å²) in [5, 5.41) is 0. The van der Waals surface area contributed by atoms with E-state index in [0.717, 1.165) is 38.8 Å². The highest BCUT2D eigenvalue weighted by molar-refractivity contribution is 5.33. The van der Waals surface area contributed by atoms with Crippen molar-refractivity contribution in [3.8, 4) is 0 Å². The SMILES string of the molecule is c1ccc(CCN(CCc2ccccn2)C2Cc3ccccc3C2)nc1. The molecule has 2 heterocycles. The van der Waals surface area contributed by atoms with Gasteiger partial charge in [-0.2, -0.15) is 0 Å². The van der Waals surface area contributed by atoms with Crippen LogP contribution in [-0.4, -0.2) is 34.0 Å². The minimum Gasteiger partial charge on any atom is -0.299 e. The van der Waals surface area contributed by atoms with E-state index in [1.165, 1.54) is 22.5 Å². The van der Waals surface area contributed by atoms with Gasteiger partial charge < -0.3 is 0 Å². The highest BCUT2D eigenvalue weighted by atomic mass is 15.2. The van der Waals surface area contributed by atoms with Crippen LogP contribution in [0.25, 0.3) is 0 Å². The lowest BCUT2D eigenvalue weighted by Crippen LogP contribution is -2.39. The molecule has 0 aliphatic heterocycles. The van der Waals surface area contributed by atoms with E-state index in [9.17, 15) is 0 Å². The van der Waals surface area contributed by atoms with Gasteiger partial charge in [-0.3, -0.25) is 14.9 Å². The van der Waals surface area contributed by atoms with Crippen LogP contribution in [-0.2, 0) is 25.7 Å². The summed E-state index contributed by atoms with van der Waals surface area (Å²) < 4.78 is 0. The number of hydrogen-bond acceptors (Lipinski definition) is 3. The van der Waals surface area contributed by atoms with Crippen molar-refractivity contribution < 1.29 is 0 Å². The molecule has 0 bridgehead atoms. The summed E-state index contributed by atoms with van der Waals surface area (Å²) in [6.07, 6.45) is 8.07. The summed E-state index contributed by atoms with van der Waals surface area (Å²) in [4.78, 5) is 11.6. The third-order valence-corrected chi connectivity index (χ3v) is 5.31. The van der Waals surface area contributed by atoms with E-state index in [2.05, 4.69) is 63.4 Å². The molecule has 0 fully saturated rings. The highest BCUT2D eigenvalue weighted by Crippen LogP contribution is 2.25. The van der Waals surface area contributed by atoms with E-state index in [1.807, 2.05) is 24.5 Å². The van der Waals surface area contributed by atoms with Gasteiger partial charge in [0, 0.05) is 55.8 Å². The van der Waals surface area contributed by atoms with E-state index in [4.69, 9.17) is 0 Å². The van der Waals surface area contributed by atoms with E-state index >= 15 is 0 Å². The molecule has 26 heavy (non-hydrogen) atoms. The molecule has 132 valence electrons. The molecule has 1 aliphatic rings. The van der Waals surface area contributed by atoms with Crippen LogP contribution in [0.1, 0.15) is 22.5 Å². The Bertz CT molecular complexity index is 749. The Kier molecular flexibility index (Phi) is 5.36. The van der Waals surface area contributed by atoms with Crippen molar-refractivity contribution in [1.82, 2.24) is 14.9 Å². The third kappa shape index (κ3) is 4.17. The molecule has 0 N–H and O–H groups in total. The predicted molar refractivity (Wildman–Crippen MR) is 105 cm³/mol. The average molecular weight is 343 g/mol. The number of pyridine rings is 2. The lowest BCUT2D eigenvalue weighted by atomic mass is 10.1. The topological polar surface area (TPSA) is 29.0 Å². The Morgan fingerprint density at radius 3 is 1.65 bits per heavy atom. The quantitative estimate of drug-likeness (QED) is 0.654. The van der Waals surface area contributed by atoms with Crippen molar-refractivity contribution in [2.75, 3.05) is 13.1 Å². The number of hydrogen-bond donors (Lipinski definition) is 0. The van der Waals surface area contributed by atoms with E-state index in [1.54, 1.807) is 0 Å². The molecule has 3 heteroatoms. The molecular weight excluding hydrogens is 318 g/mol. The van der Waals surface area contributed by atoms with Crippen LogP contribution in [0.4, 0.5) is 0 Å². The minimum absolute atomic E-state index is 0.583. The fraction of sp³-hybridized carbons (Fsp3) is 0.304. The summed E-state index contributed by atoms with van der Waals surface area (Å²) in [6, 6.07) is 21.8. The van der Waals surface area contributed by atoms with Crippen LogP contribution in [0, 0.1) is 0 Å². The second-order valence-corrected chi connectivity index (χ2v) is 7.01. The van der Waals surface area contributed by atoms with Gasteiger partial charge in [0.05, 0.1) is 0 Å². The number of aromatic nitrogens is 2. The van der Waals surface area contributed by atoms with Crippen molar-refractivity contribution in [3.63, 3.8) is 0 Å². The fourth-order valence-electron chi connectivity index (χ4n) is 3.88. The molecule has 0 unspecified atom stereocenters. The van der Waals surface area contributed by atoms with Gasteiger partial charge in [0.15, 0.2) is 0 Å². The maximum atomic E-state index is 4.50. The number of nitrogens with zero attached hydrogens (tertiary/aromatic N) is 3. The van der Waals surface area contributed by atoms with Crippen LogP contribution in [0.5, 0.6) is 0 Å².